The number of likely N-dealkylation sites (N-methyl/N-ethyl adjacent to an activating group) is 1. The number of nitrogens with zero attached hydrogens (tertiary/aromatic N) is 4. The van der Waals surface area contributed by atoms with Crippen LogP contribution in [0.25, 0.3) is 11.3 Å². The van der Waals surface area contributed by atoms with Gasteiger partial charge >= 0.3 is 0 Å². The maximum Gasteiger partial charge on any atom is 0.123 e. The van der Waals surface area contributed by atoms with E-state index in [9.17, 15) is 0 Å². The van der Waals surface area contributed by atoms with Crippen LogP contribution in [0.3, 0.4) is 0 Å². The second-order valence-electron chi connectivity index (χ2n) is 5.85. The molecule has 1 fully saturated rings. The molecule has 2 heterocycles. The van der Waals surface area contributed by atoms with Crippen LogP contribution in [0, 0.1) is 0 Å². The van der Waals surface area contributed by atoms with Crippen LogP contribution in [0.2, 0.25) is 0 Å². The van der Waals surface area contributed by atoms with Crippen molar-refractivity contribution in [1.29, 1.82) is 0 Å². The van der Waals surface area contributed by atoms with Crippen molar-refractivity contribution >= 4 is 5.82 Å². The highest BCUT2D eigenvalue weighted by molar-refractivity contribution is 5.61. The number of hydrogen-bond donors (Lipinski definition) is 1. The average Bonchev–Trinajstić information content (AvgIpc) is 2.81. The van der Waals surface area contributed by atoms with E-state index < -0.39 is 0 Å². The summed E-state index contributed by atoms with van der Waals surface area (Å²) in [6.07, 6.45) is 9.36. The highest BCUT2D eigenvalue weighted by Crippen LogP contribution is 2.38. The number of anilines is 1. The van der Waals surface area contributed by atoms with Crippen LogP contribution in [0.4, 0.5) is 5.82 Å². The van der Waals surface area contributed by atoms with Crippen molar-refractivity contribution in [2.45, 2.75) is 31.3 Å². The third-order valence-corrected chi connectivity index (χ3v) is 4.49. The van der Waals surface area contributed by atoms with E-state index in [2.05, 4.69) is 33.5 Å². The number of hydrogen-bond acceptors (Lipinski definition) is 4. The summed E-state index contributed by atoms with van der Waals surface area (Å²) < 4.78 is 2.23. The van der Waals surface area contributed by atoms with Gasteiger partial charge in [0.2, 0.25) is 0 Å². The van der Waals surface area contributed by atoms with Crippen LogP contribution in [0.15, 0.2) is 30.9 Å². The molecule has 0 radical (unpaired) electrons. The Balaban J connectivity index is 1.91. The number of nitrogen functional groups attached to an aromatic ring is 1. The Labute approximate surface area is 119 Å². The number of nitrogens with two attached hydrogens (primary N) is 1. The molecule has 0 saturated heterocycles. The summed E-state index contributed by atoms with van der Waals surface area (Å²) in [7, 11) is 4.33. The second kappa shape index (κ2) is 4.90. The second-order valence-corrected chi connectivity index (χ2v) is 5.85. The highest BCUT2D eigenvalue weighted by Gasteiger charge is 2.39. The minimum absolute atomic E-state index is 0.272. The summed E-state index contributed by atoms with van der Waals surface area (Å²) in [5.74, 6) is 0.543. The van der Waals surface area contributed by atoms with E-state index in [1.54, 1.807) is 6.20 Å². The van der Waals surface area contributed by atoms with Gasteiger partial charge in [0.05, 0.1) is 18.2 Å². The fourth-order valence-electron chi connectivity index (χ4n) is 2.94. The molecule has 0 atom stereocenters. The van der Waals surface area contributed by atoms with Crippen LogP contribution in [-0.2, 0) is 6.54 Å². The number of pyridine rings is 1. The first-order valence-corrected chi connectivity index (χ1v) is 7.00. The Kier molecular flexibility index (Phi) is 3.22. The van der Waals surface area contributed by atoms with Gasteiger partial charge in [-0.3, -0.25) is 0 Å². The normalized spacial score (nSPS) is 17.1. The third kappa shape index (κ3) is 2.18. The lowest BCUT2D eigenvalue weighted by molar-refractivity contribution is 0.0428. The van der Waals surface area contributed by atoms with Gasteiger partial charge in [0, 0.05) is 23.8 Å². The standard InChI is InChI=1S/C15H21N5/c1-19(2)15(5-3-6-15)10-20-11-17-9-13(20)12-4-7-18-14(16)8-12/h4,7-9,11H,3,5-6,10H2,1-2H3,(H2,16,18). The summed E-state index contributed by atoms with van der Waals surface area (Å²) >= 11 is 0. The lowest BCUT2D eigenvalue weighted by Gasteiger charge is -2.47. The predicted octanol–water partition coefficient (Wildman–Crippen LogP) is 2.01. The van der Waals surface area contributed by atoms with Crippen LogP contribution < -0.4 is 5.73 Å². The Hall–Kier alpha value is -1.88. The smallest absolute Gasteiger partial charge is 0.123 e. The first-order chi connectivity index (χ1) is 9.61. The molecule has 0 aromatic carbocycles. The van der Waals surface area contributed by atoms with Crippen LogP contribution in [-0.4, -0.2) is 39.1 Å². The third-order valence-electron chi connectivity index (χ3n) is 4.49. The SMILES string of the molecule is CN(C)C1(Cn2cncc2-c2ccnc(N)c2)CCC1. The monoisotopic (exact) mass is 271 g/mol. The first kappa shape index (κ1) is 13.1. The Bertz CT molecular complexity index is 598. The van der Waals surface area contributed by atoms with E-state index >= 15 is 0 Å². The molecular weight excluding hydrogens is 250 g/mol. The minimum atomic E-state index is 0.272. The zero-order valence-electron chi connectivity index (χ0n) is 12.1. The molecule has 2 aromatic rings. The van der Waals surface area contributed by atoms with Gasteiger partial charge in [-0.2, -0.15) is 0 Å². The summed E-state index contributed by atoms with van der Waals surface area (Å²) in [6, 6.07) is 3.88. The molecule has 0 unspecified atom stereocenters. The largest absolute Gasteiger partial charge is 0.384 e. The van der Waals surface area contributed by atoms with Gasteiger partial charge in [-0.15, -0.1) is 0 Å². The number of rotatable bonds is 4. The minimum Gasteiger partial charge on any atom is -0.384 e. The lowest BCUT2D eigenvalue weighted by Crippen LogP contribution is -2.53. The van der Waals surface area contributed by atoms with Crippen molar-refractivity contribution < 1.29 is 0 Å². The zero-order chi connectivity index (χ0) is 14.2. The molecule has 1 aliphatic carbocycles. The molecule has 3 rings (SSSR count). The van der Waals surface area contributed by atoms with Gasteiger partial charge in [-0.25, -0.2) is 9.97 Å². The van der Waals surface area contributed by atoms with E-state index in [-0.39, 0.29) is 5.54 Å². The van der Waals surface area contributed by atoms with Gasteiger partial charge in [-0.1, -0.05) is 0 Å². The van der Waals surface area contributed by atoms with Crippen LogP contribution in [0.1, 0.15) is 19.3 Å². The molecule has 0 spiro atoms. The molecule has 0 aliphatic heterocycles. The topological polar surface area (TPSA) is 60.0 Å². The quantitative estimate of drug-likeness (QED) is 0.924. The van der Waals surface area contributed by atoms with Gasteiger partial charge < -0.3 is 15.2 Å². The molecule has 0 bridgehead atoms. The van der Waals surface area contributed by atoms with Crippen molar-refractivity contribution in [1.82, 2.24) is 19.4 Å². The van der Waals surface area contributed by atoms with Crippen molar-refractivity contribution in [3.63, 3.8) is 0 Å². The summed E-state index contributed by atoms with van der Waals surface area (Å²) in [6.45, 7) is 0.970. The lowest BCUT2D eigenvalue weighted by atomic mass is 9.75. The predicted molar refractivity (Wildman–Crippen MR) is 80.1 cm³/mol. The maximum absolute atomic E-state index is 5.78. The number of imidazole rings is 1. The first-order valence-electron chi connectivity index (χ1n) is 7.00. The zero-order valence-corrected chi connectivity index (χ0v) is 12.1. The Morgan fingerprint density at radius 1 is 1.40 bits per heavy atom. The van der Waals surface area contributed by atoms with Crippen molar-refractivity contribution in [3.8, 4) is 11.3 Å². The van der Waals surface area contributed by atoms with Gasteiger partial charge in [0.15, 0.2) is 0 Å². The van der Waals surface area contributed by atoms with E-state index in [0.717, 1.165) is 17.8 Å². The summed E-state index contributed by atoms with van der Waals surface area (Å²) in [4.78, 5) is 10.7. The van der Waals surface area contributed by atoms with Crippen LogP contribution >= 0.6 is 0 Å². The van der Waals surface area contributed by atoms with Crippen LogP contribution in [0.5, 0.6) is 0 Å². The van der Waals surface area contributed by atoms with Crippen molar-refractivity contribution in [2.75, 3.05) is 19.8 Å². The molecular formula is C15H21N5. The van der Waals surface area contributed by atoms with E-state index in [1.165, 1.54) is 19.3 Å². The van der Waals surface area contributed by atoms with Crippen molar-refractivity contribution in [3.05, 3.63) is 30.9 Å². The maximum atomic E-state index is 5.78. The van der Waals surface area contributed by atoms with Crippen molar-refractivity contribution in [2.24, 2.45) is 0 Å². The molecule has 106 valence electrons. The van der Waals surface area contributed by atoms with Gasteiger partial charge in [0.1, 0.15) is 5.82 Å². The fourth-order valence-corrected chi connectivity index (χ4v) is 2.94. The molecule has 1 saturated carbocycles. The number of aromatic nitrogens is 3. The van der Waals surface area contributed by atoms with E-state index in [4.69, 9.17) is 5.73 Å². The van der Waals surface area contributed by atoms with E-state index in [0.29, 0.717) is 5.82 Å². The molecule has 2 N–H and O–H groups in total. The Morgan fingerprint density at radius 2 is 2.20 bits per heavy atom. The molecule has 5 heteroatoms. The van der Waals surface area contributed by atoms with E-state index in [1.807, 2.05) is 24.7 Å². The molecule has 1 aliphatic rings. The molecule has 20 heavy (non-hydrogen) atoms. The summed E-state index contributed by atoms with van der Waals surface area (Å²) in [5.41, 5.74) is 8.23. The molecule has 0 amide bonds. The summed E-state index contributed by atoms with van der Waals surface area (Å²) in [5, 5.41) is 0. The molecule has 5 nitrogen and oxygen atoms in total. The molecule has 2 aromatic heterocycles. The Morgan fingerprint density at radius 3 is 2.80 bits per heavy atom. The van der Waals surface area contributed by atoms with Gasteiger partial charge in [0.25, 0.3) is 0 Å². The average molecular weight is 271 g/mol. The fraction of sp³-hybridized carbons (Fsp3) is 0.467. The van der Waals surface area contributed by atoms with Gasteiger partial charge in [-0.05, 0) is 45.5 Å². The highest BCUT2D eigenvalue weighted by atomic mass is 15.2.